The molecule has 14 nitrogen and oxygen atoms in total. The fourth-order valence-electron chi connectivity index (χ4n) is 3.35. The number of hydrogen-bond acceptors (Lipinski definition) is 9. The molecule has 0 aliphatic rings. The summed E-state index contributed by atoms with van der Waals surface area (Å²) in [6, 6.07) is 0.999. The van der Waals surface area contributed by atoms with Crippen LogP contribution in [0.25, 0.3) is 0 Å². The minimum Gasteiger partial charge on any atom is -0.508 e. The van der Waals surface area contributed by atoms with Gasteiger partial charge in [0.05, 0.1) is 12.4 Å². The number of nitrogens with one attached hydrogen (secondary N) is 4. The highest BCUT2D eigenvalue weighted by Crippen LogP contribution is 2.11. The molecule has 38 heavy (non-hydrogen) atoms. The number of aliphatic carboxylic acids is 2. The van der Waals surface area contributed by atoms with Crippen LogP contribution in [0.4, 0.5) is 0 Å². The standard InChI is InChI=1S/C23H30N6O8S/c24-15(7-12-1-3-14(30)4-2-12)20(33)28-17(8-13-9-25-11-26-13)22(35)27-16(5-6-19(31)32)21(34)29-18(10-38)23(36)37/h1-4,9,11,15-18,30,38H,5-8,10,24H2,(H,25,26)(H,27,35)(H,28,33)(H,29,34)(H,31,32)(H,36,37). The summed E-state index contributed by atoms with van der Waals surface area (Å²) in [6.07, 6.45) is 2.01. The van der Waals surface area contributed by atoms with Crippen molar-refractivity contribution in [3.05, 3.63) is 48.0 Å². The van der Waals surface area contributed by atoms with Gasteiger partial charge in [0.2, 0.25) is 17.7 Å². The number of carbonyl (C=O) groups is 5. The number of aromatic amines is 1. The molecule has 1 aromatic heterocycles. The quantitative estimate of drug-likeness (QED) is 0.117. The molecular weight excluding hydrogens is 520 g/mol. The number of rotatable bonds is 15. The third-order valence-electron chi connectivity index (χ3n) is 5.42. The number of nitrogens with zero attached hydrogens (tertiary/aromatic N) is 1. The van der Waals surface area contributed by atoms with Crippen LogP contribution in [0.1, 0.15) is 24.1 Å². The first kappa shape index (κ1) is 30.1. The van der Waals surface area contributed by atoms with Gasteiger partial charge in [-0.05, 0) is 30.5 Å². The highest BCUT2D eigenvalue weighted by atomic mass is 32.1. The number of nitrogens with two attached hydrogens (primary N) is 1. The first-order valence-electron chi connectivity index (χ1n) is 11.5. The number of aromatic nitrogens is 2. The normalized spacial score (nSPS) is 13.9. The Hall–Kier alpha value is -4.11. The summed E-state index contributed by atoms with van der Waals surface area (Å²) >= 11 is 3.87. The average Bonchev–Trinajstić information content (AvgIpc) is 3.38. The van der Waals surface area contributed by atoms with Gasteiger partial charge in [0, 0.05) is 30.5 Å². The molecule has 206 valence electrons. The molecular formula is C23H30N6O8S. The number of phenols is 1. The van der Waals surface area contributed by atoms with E-state index >= 15 is 0 Å². The van der Waals surface area contributed by atoms with Gasteiger partial charge in [-0.25, -0.2) is 9.78 Å². The molecule has 1 heterocycles. The predicted molar refractivity (Wildman–Crippen MR) is 136 cm³/mol. The molecule has 0 aliphatic carbocycles. The number of benzene rings is 1. The largest absolute Gasteiger partial charge is 0.508 e. The molecule has 15 heteroatoms. The van der Waals surface area contributed by atoms with Gasteiger partial charge in [0.15, 0.2) is 0 Å². The van der Waals surface area contributed by atoms with E-state index in [1.165, 1.54) is 24.7 Å². The van der Waals surface area contributed by atoms with Crippen molar-refractivity contribution in [3.63, 3.8) is 0 Å². The van der Waals surface area contributed by atoms with Crippen molar-refractivity contribution < 1.29 is 39.3 Å². The molecule has 9 N–H and O–H groups in total. The number of H-pyrrole nitrogens is 1. The zero-order chi connectivity index (χ0) is 28.2. The molecule has 0 saturated carbocycles. The number of carbonyl (C=O) groups excluding carboxylic acids is 3. The van der Waals surface area contributed by atoms with Crippen LogP contribution in [0.5, 0.6) is 5.75 Å². The minimum atomic E-state index is -1.41. The van der Waals surface area contributed by atoms with Crippen molar-refractivity contribution in [1.29, 1.82) is 0 Å². The molecule has 0 spiro atoms. The van der Waals surface area contributed by atoms with Gasteiger partial charge in [-0.1, -0.05) is 12.1 Å². The molecule has 1 aromatic carbocycles. The zero-order valence-electron chi connectivity index (χ0n) is 20.2. The van der Waals surface area contributed by atoms with E-state index in [2.05, 4.69) is 38.5 Å². The fraction of sp³-hybridized carbons (Fsp3) is 0.391. The fourth-order valence-corrected chi connectivity index (χ4v) is 3.60. The summed E-state index contributed by atoms with van der Waals surface area (Å²) in [4.78, 5) is 67.8. The second-order valence-corrected chi connectivity index (χ2v) is 8.76. The number of hydrogen-bond donors (Lipinski definition) is 9. The third-order valence-corrected chi connectivity index (χ3v) is 5.78. The van der Waals surface area contributed by atoms with E-state index in [-0.39, 0.29) is 30.8 Å². The number of thiol groups is 1. The Kier molecular flexibility index (Phi) is 11.6. The predicted octanol–water partition coefficient (Wildman–Crippen LogP) is -1.44. The Morgan fingerprint density at radius 3 is 2.08 bits per heavy atom. The van der Waals surface area contributed by atoms with E-state index in [1.54, 1.807) is 12.1 Å². The first-order valence-corrected chi connectivity index (χ1v) is 12.1. The molecule has 2 aromatic rings. The number of carboxylic acids is 2. The summed E-state index contributed by atoms with van der Waals surface area (Å²) in [5, 5.41) is 34.8. The number of amides is 3. The van der Waals surface area contributed by atoms with Gasteiger partial charge in [0.1, 0.15) is 23.9 Å². The maximum atomic E-state index is 13.2. The van der Waals surface area contributed by atoms with E-state index in [4.69, 9.17) is 10.8 Å². The lowest BCUT2D eigenvalue weighted by atomic mass is 10.0. The molecule has 4 unspecified atom stereocenters. The van der Waals surface area contributed by atoms with Crippen molar-refractivity contribution in [2.24, 2.45) is 5.73 Å². The second-order valence-electron chi connectivity index (χ2n) is 8.39. The Balaban J connectivity index is 2.17. The van der Waals surface area contributed by atoms with Crippen molar-refractivity contribution in [2.75, 3.05) is 5.75 Å². The molecule has 0 radical (unpaired) electrons. The van der Waals surface area contributed by atoms with Crippen LogP contribution in [-0.4, -0.2) is 84.9 Å². The van der Waals surface area contributed by atoms with Gasteiger partial charge in [-0.3, -0.25) is 19.2 Å². The average molecular weight is 551 g/mol. The molecule has 0 fully saturated rings. The van der Waals surface area contributed by atoms with Gasteiger partial charge < -0.3 is 42.0 Å². The molecule has 3 amide bonds. The molecule has 2 rings (SSSR count). The van der Waals surface area contributed by atoms with Crippen LogP contribution < -0.4 is 21.7 Å². The summed E-state index contributed by atoms with van der Waals surface area (Å²) in [7, 11) is 0. The van der Waals surface area contributed by atoms with Crippen LogP contribution in [0, 0.1) is 0 Å². The Bertz CT molecular complexity index is 1110. The second kappa shape index (κ2) is 14.6. The van der Waals surface area contributed by atoms with Gasteiger partial charge >= 0.3 is 11.9 Å². The summed E-state index contributed by atoms with van der Waals surface area (Å²) in [6.45, 7) is 0. The monoisotopic (exact) mass is 550 g/mol. The zero-order valence-corrected chi connectivity index (χ0v) is 21.1. The van der Waals surface area contributed by atoms with E-state index in [0.717, 1.165) is 0 Å². The van der Waals surface area contributed by atoms with Crippen molar-refractivity contribution in [2.45, 2.75) is 49.9 Å². The van der Waals surface area contributed by atoms with E-state index < -0.39 is 60.2 Å². The maximum Gasteiger partial charge on any atom is 0.327 e. The van der Waals surface area contributed by atoms with Crippen molar-refractivity contribution in [1.82, 2.24) is 25.9 Å². The smallest absolute Gasteiger partial charge is 0.327 e. The van der Waals surface area contributed by atoms with Crippen LogP contribution in [0.15, 0.2) is 36.8 Å². The molecule has 0 saturated heterocycles. The number of phenolic OH excluding ortho intramolecular Hbond substituents is 1. The highest BCUT2D eigenvalue weighted by Gasteiger charge is 2.30. The number of carboxylic acid groups (broad SMARTS) is 2. The molecule has 0 bridgehead atoms. The van der Waals surface area contributed by atoms with Gasteiger partial charge in [0.25, 0.3) is 0 Å². The Labute approximate surface area is 222 Å². The summed E-state index contributed by atoms with van der Waals surface area (Å²) in [5.74, 6) is -5.20. The van der Waals surface area contributed by atoms with Crippen LogP contribution in [0.2, 0.25) is 0 Å². The highest BCUT2D eigenvalue weighted by molar-refractivity contribution is 7.80. The van der Waals surface area contributed by atoms with Crippen LogP contribution in [-0.2, 0) is 36.8 Å². The number of aromatic hydroxyl groups is 1. The molecule has 4 atom stereocenters. The van der Waals surface area contributed by atoms with Crippen LogP contribution >= 0.6 is 12.6 Å². The lowest BCUT2D eigenvalue weighted by Gasteiger charge is -2.24. The maximum absolute atomic E-state index is 13.2. The van der Waals surface area contributed by atoms with E-state index in [9.17, 15) is 34.2 Å². The Morgan fingerprint density at radius 2 is 1.53 bits per heavy atom. The van der Waals surface area contributed by atoms with Crippen molar-refractivity contribution >= 4 is 42.3 Å². The third kappa shape index (κ3) is 9.74. The van der Waals surface area contributed by atoms with Gasteiger partial charge in [-0.15, -0.1) is 0 Å². The summed E-state index contributed by atoms with van der Waals surface area (Å²) in [5.41, 5.74) is 7.17. The Morgan fingerprint density at radius 1 is 0.921 bits per heavy atom. The topological polar surface area (TPSA) is 237 Å². The van der Waals surface area contributed by atoms with Crippen LogP contribution in [0.3, 0.4) is 0 Å². The first-order chi connectivity index (χ1) is 18.0. The molecule has 0 aliphatic heterocycles. The lowest BCUT2D eigenvalue weighted by molar-refractivity contribution is -0.142. The van der Waals surface area contributed by atoms with Crippen molar-refractivity contribution in [3.8, 4) is 5.75 Å². The lowest BCUT2D eigenvalue weighted by Crippen LogP contribution is -2.58. The summed E-state index contributed by atoms with van der Waals surface area (Å²) < 4.78 is 0. The SMILES string of the molecule is NC(Cc1ccc(O)cc1)C(=O)NC(Cc1cnc[nH]1)C(=O)NC(CCC(=O)O)C(=O)NC(CS)C(=O)O. The van der Waals surface area contributed by atoms with E-state index in [0.29, 0.717) is 11.3 Å². The van der Waals surface area contributed by atoms with E-state index in [1.807, 2.05) is 0 Å². The minimum absolute atomic E-state index is 0.0496. The van der Waals surface area contributed by atoms with Gasteiger partial charge in [-0.2, -0.15) is 12.6 Å². The number of imidazole rings is 1.